The van der Waals surface area contributed by atoms with Crippen LogP contribution in [-0.4, -0.2) is 23.9 Å². The first-order valence-corrected chi connectivity index (χ1v) is 8.45. The summed E-state index contributed by atoms with van der Waals surface area (Å²) < 4.78 is 5.80. The SMILES string of the molecule is OC1CCC(NC2CCCOc3c2ccc(Cl)c3Cl)CC1. The van der Waals surface area contributed by atoms with Gasteiger partial charge in [-0.25, -0.2) is 0 Å². The van der Waals surface area contributed by atoms with Crippen LogP contribution in [0.25, 0.3) is 0 Å². The molecule has 1 atom stereocenters. The first-order chi connectivity index (χ1) is 10.1. The van der Waals surface area contributed by atoms with Gasteiger partial charge in [-0.15, -0.1) is 0 Å². The van der Waals surface area contributed by atoms with Crippen LogP contribution in [0.1, 0.15) is 50.1 Å². The molecule has 1 aliphatic heterocycles. The fraction of sp³-hybridized carbons (Fsp3) is 0.625. The molecule has 1 aliphatic carbocycles. The van der Waals surface area contributed by atoms with Crippen molar-refractivity contribution in [3.05, 3.63) is 27.7 Å². The number of ether oxygens (including phenoxy) is 1. The summed E-state index contributed by atoms with van der Waals surface area (Å²) in [6, 6.07) is 4.57. The van der Waals surface area contributed by atoms with E-state index in [2.05, 4.69) is 5.32 Å². The van der Waals surface area contributed by atoms with E-state index in [1.807, 2.05) is 12.1 Å². The van der Waals surface area contributed by atoms with Crippen molar-refractivity contribution >= 4 is 23.2 Å². The summed E-state index contributed by atoms with van der Waals surface area (Å²) in [6.45, 7) is 0.675. The standard InChI is InChI=1S/C16H21Cl2NO2/c17-13-8-7-12-14(2-1-9-21-16(12)15(13)18)19-10-3-5-11(20)6-4-10/h7-8,10-11,14,19-20H,1-6,9H2. The topological polar surface area (TPSA) is 41.5 Å². The minimum absolute atomic E-state index is 0.124. The van der Waals surface area contributed by atoms with Gasteiger partial charge in [0.2, 0.25) is 0 Å². The lowest BCUT2D eigenvalue weighted by molar-refractivity contribution is 0.114. The summed E-state index contributed by atoms with van der Waals surface area (Å²) in [6.07, 6.45) is 5.72. The van der Waals surface area contributed by atoms with Crippen molar-refractivity contribution < 1.29 is 9.84 Å². The van der Waals surface area contributed by atoms with E-state index in [4.69, 9.17) is 27.9 Å². The van der Waals surface area contributed by atoms with Crippen LogP contribution in [-0.2, 0) is 0 Å². The van der Waals surface area contributed by atoms with Gasteiger partial charge < -0.3 is 15.2 Å². The maximum Gasteiger partial charge on any atom is 0.144 e. The molecule has 1 unspecified atom stereocenters. The monoisotopic (exact) mass is 329 g/mol. The predicted molar refractivity (Wildman–Crippen MR) is 85.3 cm³/mol. The Bertz CT molecular complexity index is 501. The van der Waals surface area contributed by atoms with E-state index in [0.717, 1.165) is 49.8 Å². The van der Waals surface area contributed by atoms with E-state index in [9.17, 15) is 5.11 Å². The Morgan fingerprint density at radius 3 is 2.62 bits per heavy atom. The summed E-state index contributed by atoms with van der Waals surface area (Å²) in [5, 5.41) is 14.4. The number of halogens is 2. The quantitative estimate of drug-likeness (QED) is 0.858. The Kier molecular flexibility index (Phi) is 4.95. The molecular weight excluding hydrogens is 309 g/mol. The van der Waals surface area contributed by atoms with E-state index in [1.165, 1.54) is 0 Å². The minimum Gasteiger partial charge on any atom is -0.492 e. The molecule has 3 rings (SSSR count). The molecule has 0 spiro atoms. The summed E-state index contributed by atoms with van der Waals surface area (Å²) in [7, 11) is 0. The van der Waals surface area contributed by atoms with Gasteiger partial charge in [-0.3, -0.25) is 0 Å². The van der Waals surface area contributed by atoms with Crippen molar-refractivity contribution in [2.75, 3.05) is 6.61 Å². The number of benzene rings is 1. The highest BCUT2D eigenvalue weighted by Crippen LogP contribution is 2.41. The van der Waals surface area contributed by atoms with Gasteiger partial charge in [0.05, 0.1) is 17.7 Å². The molecule has 3 nitrogen and oxygen atoms in total. The second kappa shape index (κ2) is 6.74. The molecule has 1 aromatic rings. The zero-order valence-corrected chi connectivity index (χ0v) is 13.5. The third kappa shape index (κ3) is 3.48. The average molecular weight is 330 g/mol. The zero-order valence-electron chi connectivity index (χ0n) is 11.9. The fourth-order valence-corrected chi connectivity index (χ4v) is 3.66. The number of rotatable bonds is 2. The van der Waals surface area contributed by atoms with Crippen LogP contribution in [0.3, 0.4) is 0 Å². The van der Waals surface area contributed by atoms with Crippen molar-refractivity contribution in [3.63, 3.8) is 0 Å². The van der Waals surface area contributed by atoms with E-state index in [0.29, 0.717) is 22.7 Å². The largest absolute Gasteiger partial charge is 0.492 e. The van der Waals surface area contributed by atoms with Gasteiger partial charge in [-0.05, 0) is 44.6 Å². The number of aliphatic hydroxyl groups excluding tert-OH is 1. The number of aliphatic hydroxyl groups is 1. The fourth-order valence-electron chi connectivity index (χ4n) is 3.29. The van der Waals surface area contributed by atoms with Crippen LogP contribution < -0.4 is 10.1 Å². The van der Waals surface area contributed by atoms with Crippen molar-refractivity contribution in [2.45, 2.75) is 56.7 Å². The molecule has 0 radical (unpaired) electrons. The zero-order chi connectivity index (χ0) is 14.8. The van der Waals surface area contributed by atoms with Crippen LogP contribution in [0.5, 0.6) is 5.75 Å². The van der Waals surface area contributed by atoms with Crippen molar-refractivity contribution in [2.24, 2.45) is 0 Å². The highest BCUT2D eigenvalue weighted by atomic mass is 35.5. The van der Waals surface area contributed by atoms with E-state index in [1.54, 1.807) is 0 Å². The summed E-state index contributed by atoms with van der Waals surface area (Å²) in [4.78, 5) is 0. The molecule has 1 fully saturated rings. The van der Waals surface area contributed by atoms with E-state index >= 15 is 0 Å². The Morgan fingerprint density at radius 2 is 1.86 bits per heavy atom. The molecule has 2 N–H and O–H groups in total. The second-order valence-corrected chi connectivity index (χ2v) is 6.78. The molecule has 5 heteroatoms. The molecule has 0 aromatic heterocycles. The first-order valence-electron chi connectivity index (χ1n) is 7.70. The maximum absolute atomic E-state index is 9.62. The minimum atomic E-state index is -0.124. The number of hydrogen-bond acceptors (Lipinski definition) is 3. The molecule has 21 heavy (non-hydrogen) atoms. The second-order valence-electron chi connectivity index (χ2n) is 6.00. The smallest absolute Gasteiger partial charge is 0.144 e. The molecule has 0 saturated heterocycles. The lowest BCUT2D eigenvalue weighted by atomic mass is 9.91. The predicted octanol–water partition coefficient (Wildman–Crippen LogP) is 4.10. The molecule has 0 bridgehead atoms. The Morgan fingerprint density at radius 1 is 1.10 bits per heavy atom. The van der Waals surface area contributed by atoms with Crippen LogP contribution in [0.15, 0.2) is 12.1 Å². The van der Waals surface area contributed by atoms with Gasteiger partial charge >= 0.3 is 0 Å². The van der Waals surface area contributed by atoms with Crippen LogP contribution in [0.4, 0.5) is 0 Å². The van der Waals surface area contributed by atoms with Gasteiger partial charge in [0, 0.05) is 17.6 Å². The lowest BCUT2D eigenvalue weighted by Gasteiger charge is -2.30. The Balaban J connectivity index is 1.79. The molecule has 2 aliphatic rings. The third-order valence-corrected chi connectivity index (χ3v) is 5.26. The van der Waals surface area contributed by atoms with E-state index < -0.39 is 0 Å². The highest BCUT2D eigenvalue weighted by Gasteiger charge is 2.27. The molecule has 1 aromatic carbocycles. The number of hydrogen-bond donors (Lipinski definition) is 2. The summed E-state index contributed by atoms with van der Waals surface area (Å²) in [5.74, 6) is 0.731. The molecule has 1 heterocycles. The molecular formula is C16H21Cl2NO2. The van der Waals surface area contributed by atoms with Gasteiger partial charge in [-0.1, -0.05) is 29.3 Å². The van der Waals surface area contributed by atoms with Crippen LogP contribution in [0.2, 0.25) is 10.0 Å². The normalized spacial score (nSPS) is 29.4. The summed E-state index contributed by atoms with van der Waals surface area (Å²) >= 11 is 12.4. The van der Waals surface area contributed by atoms with Crippen LogP contribution >= 0.6 is 23.2 Å². The van der Waals surface area contributed by atoms with Crippen molar-refractivity contribution in [1.29, 1.82) is 0 Å². The first kappa shape index (κ1) is 15.4. The highest BCUT2D eigenvalue weighted by molar-refractivity contribution is 6.43. The molecule has 0 amide bonds. The Labute approximate surface area is 135 Å². The molecule has 1 saturated carbocycles. The van der Waals surface area contributed by atoms with Crippen molar-refractivity contribution in [3.8, 4) is 5.75 Å². The van der Waals surface area contributed by atoms with Crippen LogP contribution in [0, 0.1) is 0 Å². The number of fused-ring (bicyclic) bond motifs is 1. The van der Waals surface area contributed by atoms with Crippen molar-refractivity contribution in [1.82, 2.24) is 5.32 Å². The van der Waals surface area contributed by atoms with Gasteiger partial charge in [0.25, 0.3) is 0 Å². The number of nitrogens with one attached hydrogen (secondary N) is 1. The van der Waals surface area contributed by atoms with Gasteiger partial charge in [0.15, 0.2) is 0 Å². The van der Waals surface area contributed by atoms with Gasteiger partial charge in [-0.2, -0.15) is 0 Å². The summed E-state index contributed by atoms with van der Waals surface area (Å²) in [5.41, 5.74) is 1.10. The van der Waals surface area contributed by atoms with Gasteiger partial charge in [0.1, 0.15) is 10.8 Å². The molecule has 116 valence electrons. The lowest BCUT2D eigenvalue weighted by Crippen LogP contribution is -2.37. The third-order valence-electron chi connectivity index (χ3n) is 4.47. The maximum atomic E-state index is 9.62. The average Bonchev–Trinajstić information content (AvgIpc) is 2.68. The van der Waals surface area contributed by atoms with E-state index in [-0.39, 0.29) is 12.1 Å². The Hall–Kier alpha value is -0.480.